The SMILES string of the molecule is CC[C@@H]1/C=C/COc2c(ccc(Cl)c2F)[C@@H](c2ccccc2)N2CN1C(=O)c1c(O)c(=O)ccn12. The summed E-state index contributed by atoms with van der Waals surface area (Å²) in [5.41, 5.74) is 0.475. The number of benzene rings is 2. The van der Waals surface area contributed by atoms with E-state index in [0.29, 0.717) is 12.0 Å². The van der Waals surface area contributed by atoms with E-state index in [-0.39, 0.29) is 35.8 Å². The van der Waals surface area contributed by atoms with E-state index in [9.17, 15) is 14.7 Å². The van der Waals surface area contributed by atoms with Crippen LogP contribution in [0.5, 0.6) is 11.5 Å². The zero-order valence-electron chi connectivity index (χ0n) is 18.9. The van der Waals surface area contributed by atoms with Gasteiger partial charge >= 0.3 is 0 Å². The number of rotatable bonds is 2. The summed E-state index contributed by atoms with van der Waals surface area (Å²) in [5.74, 6) is -1.78. The van der Waals surface area contributed by atoms with Gasteiger partial charge in [0, 0.05) is 17.8 Å². The van der Waals surface area contributed by atoms with Crippen molar-refractivity contribution in [3.05, 3.63) is 105 Å². The van der Waals surface area contributed by atoms with E-state index in [2.05, 4.69) is 0 Å². The number of fused-ring (bicyclic) bond motifs is 5. The van der Waals surface area contributed by atoms with Gasteiger partial charge in [-0.3, -0.25) is 19.3 Å². The third-order valence-electron chi connectivity index (χ3n) is 6.38. The van der Waals surface area contributed by atoms with Crippen LogP contribution in [0.15, 0.2) is 71.7 Å². The van der Waals surface area contributed by atoms with Crippen LogP contribution >= 0.6 is 11.6 Å². The first-order valence-electron chi connectivity index (χ1n) is 11.3. The molecule has 180 valence electrons. The largest absolute Gasteiger partial charge is 0.502 e. The number of hydrogen-bond donors (Lipinski definition) is 1. The Hall–Kier alpha value is -3.78. The molecule has 9 heteroatoms. The van der Waals surface area contributed by atoms with Gasteiger partial charge in [-0.15, -0.1) is 0 Å². The second-order valence-corrected chi connectivity index (χ2v) is 8.79. The molecule has 0 radical (unpaired) electrons. The van der Waals surface area contributed by atoms with E-state index in [4.69, 9.17) is 16.3 Å². The van der Waals surface area contributed by atoms with Crippen molar-refractivity contribution in [2.45, 2.75) is 25.4 Å². The standard InChI is InChI=1S/C26H23ClFN3O4/c1-2-17-9-6-14-35-25-18(10-11-19(27)21(25)28)22(16-7-4-3-5-8-16)31-15-29(17)26(34)23-24(33)20(32)12-13-30(23)31/h3-13,17,22,33H,2,14-15H2,1H3/b9-6+/t17-,22-/m1/s1. The average Bonchev–Trinajstić information content (AvgIpc) is 2.89. The molecule has 0 aliphatic carbocycles. The molecule has 2 aromatic carbocycles. The lowest BCUT2D eigenvalue weighted by Gasteiger charge is -2.45. The van der Waals surface area contributed by atoms with Crippen LogP contribution in [0.4, 0.5) is 4.39 Å². The molecule has 2 aliphatic heterocycles. The van der Waals surface area contributed by atoms with Crippen LogP contribution in [-0.2, 0) is 0 Å². The number of amides is 1. The number of carbonyl (C=O) groups is 1. The van der Waals surface area contributed by atoms with E-state index < -0.39 is 28.9 Å². The van der Waals surface area contributed by atoms with Crippen LogP contribution in [0.3, 0.4) is 0 Å². The van der Waals surface area contributed by atoms with Crippen molar-refractivity contribution < 1.29 is 19.0 Å². The van der Waals surface area contributed by atoms with Crippen LogP contribution in [0.1, 0.15) is 41.0 Å². The molecule has 0 unspecified atom stereocenters. The van der Waals surface area contributed by atoms with Gasteiger partial charge in [-0.25, -0.2) is 4.39 Å². The fourth-order valence-corrected chi connectivity index (χ4v) is 4.83. The van der Waals surface area contributed by atoms with Crippen LogP contribution in [-0.4, -0.2) is 39.9 Å². The molecule has 35 heavy (non-hydrogen) atoms. The molecule has 0 fully saturated rings. The Bertz CT molecular complexity index is 1380. The zero-order chi connectivity index (χ0) is 24.7. The molecular formula is C26H23ClFN3O4. The second kappa shape index (κ2) is 9.11. The molecule has 1 aromatic heterocycles. The van der Waals surface area contributed by atoms with Crippen molar-refractivity contribution in [2.24, 2.45) is 0 Å². The molecule has 5 rings (SSSR count). The number of nitrogens with zero attached hydrogens (tertiary/aromatic N) is 3. The Labute approximate surface area is 206 Å². The minimum Gasteiger partial charge on any atom is -0.502 e. The van der Waals surface area contributed by atoms with Crippen molar-refractivity contribution in [3.8, 4) is 11.5 Å². The van der Waals surface area contributed by atoms with Crippen molar-refractivity contribution in [2.75, 3.05) is 18.3 Å². The van der Waals surface area contributed by atoms with E-state index in [1.807, 2.05) is 48.3 Å². The Morgan fingerprint density at radius 3 is 2.66 bits per heavy atom. The summed E-state index contributed by atoms with van der Waals surface area (Å²) < 4.78 is 22.7. The van der Waals surface area contributed by atoms with Crippen LogP contribution in [0, 0.1) is 5.82 Å². The van der Waals surface area contributed by atoms with Crippen LogP contribution in [0.2, 0.25) is 5.02 Å². The maximum absolute atomic E-state index is 15.3. The number of halogens is 2. The van der Waals surface area contributed by atoms with Gasteiger partial charge in [0.15, 0.2) is 23.0 Å². The first kappa shape index (κ1) is 23.0. The quantitative estimate of drug-likeness (QED) is 0.539. The number of hydrogen-bond acceptors (Lipinski definition) is 5. The molecule has 3 aromatic rings. The van der Waals surface area contributed by atoms with Gasteiger partial charge < -0.3 is 14.7 Å². The molecule has 0 saturated heterocycles. The lowest BCUT2D eigenvalue weighted by Crippen LogP contribution is -2.57. The summed E-state index contributed by atoms with van der Waals surface area (Å²) in [7, 11) is 0. The molecular weight excluding hydrogens is 473 g/mol. The highest BCUT2D eigenvalue weighted by Crippen LogP contribution is 2.40. The Morgan fingerprint density at radius 2 is 1.91 bits per heavy atom. The maximum atomic E-state index is 15.3. The summed E-state index contributed by atoms with van der Waals surface area (Å²) in [4.78, 5) is 27.5. The topological polar surface area (TPSA) is 75.0 Å². The highest BCUT2D eigenvalue weighted by Gasteiger charge is 2.39. The smallest absolute Gasteiger partial charge is 0.278 e. The summed E-state index contributed by atoms with van der Waals surface area (Å²) in [5, 5.41) is 12.4. The molecule has 2 bridgehead atoms. The van der Waals surface area contributed by atoms with Crippen molar-refractivity contribution >= 4 is 17.5 Å². The minimum atomic E-state index is -0.683. The summed E-state index contributed by atoms with van der Waals surface area (Å²) >= 11 is 6.11. The maximum Gasteiger partial charge on any atom is 0.278 e. The Kier molecular flexibility index (Phi) is 5.98. The lowest BCUT2D eigenvalue weighted by molar-refractivity contribution is 0.0626. The van der Waals surface area contributed by atoms with Gasteiger partial charge in [0.1, 0.15) is 19.3 Å². The normalized spacial score (nSPS) is 20.4. The molecule has 2 atom stereocenters. The van der Waals surface area contributed by atoms with E-state index >= 15 is 4.39 Å². The predicted octanol–water partition coefficient (Wildman–Crippen LogP) is 4.21. The summed E-state index contributed by atoms with van der Waals surface area (Å²) in [6.07, 6.45) is 5.57. The van der Waals surface area contributed by atoms with Crippen molar-refractivity contribution in [1.29, 1.82) is 0 Å². The number of ether oxygens (including phenoxy) is 1. The van der Waals surface area contributed by atoms with Gasteiger partial charge in [0.05, 0.1) is 11.1 Å². The van der Waals surface area contributed by atoms with Gasteiger partial charge in [-0.1, -0.05) is 61.0 Å². The van der Waals surface area contributed by atoms with Gasteiger partial charge in [-0.05, 0) is 24.1 Å². The number of pyridine rings is 1. The highest BCUT2D eigenvalue weighted by atomic mass is 35.5. The molecule has 7 nitrogen and oxygen atoms in total. The highest BCUT2D eigenvalue weighted by molar-refractivity contribution is 6.30. The van der Waals surface area contributed by atoms with Crippen molar-refractivity contribution in [1.82, 2.24) is 9.58 Å². The van der Waals surface area contributed by atoms with Gasteiger partial charge in [0.25, 0.3) is 5.91 Å². The first-order valence-corrected chi connectivity index (χ1v) is 11.6. The number of carbonyl (C=O) groups excluding carboxylic acids is 1. The Morgan fingerprint density at radius 1 is 1.14 bits per heavy atom. The zero-order valence-corrected chi connectivity index (χ0v) is 19.7. The number of aromatic nitrogens is 1. The molecule has 1 amide bonds. The Balaban J connectivity index is 1.84. The number of aromatic hydroxyl groups is 1. The molecule has 0 spiro atoms. The third kappa shape index (κ3) is 3.83. The van der Waals surface area contributed by atoms with Gasteiger partial charge in [0.2, 0.25) is 5.43 Å². The van der Waals surface area contributed by atoms with Gasteiger partial charge in [-0.2, -0.15) is 0 Å². The summed E-state index contributed by atoms with van der Waals surface area (Å²) in [6.45, 7) is 2.11. The van der Waals surface area contributed by atoms with E-state index in [0.717, 1.165) is 5.56 Å². The summed E-state index contributed by atoms with van der Waals surface area (Å²) in [6, 6.07) is 12.7. The predicted molar refractivity (Wildman–Crippen MR) is 130 cm³/mol. The van der Waals surface area contributed by atoms with Crippen molar-refractivity contribution in [3.63, 3.8) is 0 Å². The van der Waals surface area contributed by atoms with E-state index in [1.165, 1.54) is 23.0 Å². The lowest BCUT2D eigenvalue weighted by atomic mass is 9.96. The second-order valence-electron chi connectivity index (χ2n) is 8.39. The van der Waals surface area contributed by atoms with E-state index in [1.54, 1.807) is 17.0 Å². The molecule has 1 N–H and O–H groups in total. The minimum absolute atomic E-state index is 0.00113. The van der Waals surface area contributed by atoms with Crippen LogP contribution in [0.25, 0.3) is 0 Å². The first-order chi connectivity index (χ1) is 16.9. The molecule has 2 aliphatic rings. The average molecular weight is 496 g/mol. The molecule has 0 saturated carbocycles. The molecule has 3 heterocycles. The fraction of sp³-hybridized carbons (Fsp3) is 0.231. The fourth-order valence-electron chi connectivity index (χ4n) is 4.68. The third-order valence-corrected chi connectivity index (χ3v) is 6.67. The van der Waals surface area contributed by atoms with Crippen LogP contribution < -0.4 is 15.2 Å². The monoisotopic (exact) mass is 495 g/mol.